The first kappa shape index (κ1) is 9.62. The van der Waals surface area contributed by atoms with E-state index in [2.05, 4.69) is 19.1 Å². The van der Waals surface area contributed by atoms with Gasteiger partial charge in [0.05, 0.1) is 12.0 Å². The summed E-state index contributed by atoms with van der Waals surface area (Å²) in [5.74, 6) is 1.01. The Labute approximate surface area is 89.8 Å². The Bertz CT molecular complexity index is 294. The lowest BCUT2D eigenvalue weighted by atomic mass is 10.1. The second kappa shape index (κ2) is 4.07. The molecule has 0 aliphatic carbocycles. The van der Waals surface area contributed by atoms with E-state index in [9.17, 15) is 0 Å². The second-order valence-corrected chi connectivity index (χ2v) is 6.59. The van der Waals surface area contributed by atoms with Crippen LogP contribution in [0.2, 0.25) is 0 Å². The van der Waals surface area contributed by atoms with Crippen molar-refractivity contribution < 1.29 is 4.74 Å². The molecule has 4 heteroatoms. The number of hydrogen-bond donors (Lipinski definition) is 0. The molecule has 13 heavy (non-hydrogen) atoms. The summed E-state index contributed by atoms with van der Waals surface area (Å²) in [5.41, 5.74) is 1.43. The van der Waals surface area contributed by atoms with E-state index in [1.54, 1.807) is 17.9 Å². The van der Waals surface area contributed by atoms with E-state index in [0.717, 1.165) is 12.2 Å². The van der Waals surface area contributed by atoms with Crippen molar-refractivity contribution in [2.75, 3.05) is 7.11 Å². The Morgan fingerprint density at radius 3 is 2.69 bits per heavy atom. The van der Waals surface area contributed by atoms with Gasteiger partial charge in [0.15, 0.2) is 0 Å². The molecular weight excluding hydrogens is 220 g/mol. The highest BCUT2D eigenvalue weighted by Crippen LogP contribution is 2.59. The smallest absolute Gasteiger partial charge is 0.134 e. The van der Waals surface area contributed by atoms with Gasteiger partial charge in [-0.05, 0) is 49.5 Å². The second-order valence-electron chi connectivity index (χ2n) is 2.67. The third kappa shape index (κ3) is 1.67. The first-order chi connectivity index (χ1) is 6.36. The van der Waals surface area contributed by atoms with Crippen LogP contribution in [0.1, 0.15) is 12.5 Å². The van der Waals surface area contributed by atoms with Gasteiger partial charge >= 0.3 is 0 Å². The molecule has 1 aromatic rings. The van der Waals surface area contributed by atoms with E-state index >= 15 is 0 Å². The quantitative estimate of drug-likeness (QED) is 0.709. The standard InChI is InChI=1S/C9H10OS3/c1-3-6-4-5-7(10-2)9-8(6)11-13-12-9/h4-5H,3H2,1-2H3. The Morgan fingerprint density at radius 2 is 2.00 bits per heavy atom. The first-order valence-corrected chi connectivity index (χ1v) is 7.56. The van der Waals surface area contributed by atoms with Crippen LogP contribution in [0.25, 0.3) is 0 Å². The molecule has 1 aromatic carbocycles. The van der Waals surface area contributed by atoms with Gasteiger partial charge in [0.25, 0.3) is 0 Å². The third-order valence-corrected chi connectivity index (χ3v) is 6.10. The van der Waals surface area contributed by atoms with E-state index in [4.69, 9.17) is 4.74 Å². The molecule has 0 N–H and O–H groups in total. The summed E-state index contributed by atoms with van der Waals surface area (Å²) < 4.78 is 5.31. The molecule has 0 atom stereocenters. The van der Waals surface area contributed by atoms with Crippen molar-refractivity contribution in [2.24, 2.45) is 0 Å². The normalized spacial score (nSPS) is 14.3. The summed E-state index contributed by atoms with van der Waals surface area (Å²) in [6.45, 7) is 2.19. The van der Waals surface area contributed by atoms with Crippen LogP contribution in [0.3, 0.4) is 0 Å². The predicted molar refractivity (Wildman–Crippen MR) is 61.7 cm³/mol. The maximum Gasteiger partial charge on any atom is 0.134 e. The summed E-state index contributed by atoms with van der Waals surface area (Å²) in [4.78, 5) is 2.70. The molecule has 1 aliphatic heterocycles. The van der Waals surface area contributed by atoms with Crippen LogP contribution in [-0.4, -0.2) is 7.11 Å². The van der Waals surface area contributed by atoms with E-state index in [-0.39, 0.29) is 0 Å². The van der Waals surface area contributed by atoms with Gasteiger partial charge in [-0.25, -0.2) is 0 Å². The van der Waals surface area contributed by atoms with E-state index in [1.807, 2.05) is 20.6 Å². The Hall–Kier alpha value is 0.0700. The monoisotopic (exact) mass is 230 g/mol. The minimum Gasteiger partial charge on any atom is -0.496 e. The number of aryl methyl sites for hydroxylation is 1. The fourth-order valence-electron chi connectivity index (χ4n) is 1.28. The van der Waals surface area contributed by atoms with Gasteiger partial charge in [-0.3, -0.25) is 0 Å². The topological polar surface area (TPSA) is 9.23 Å². The molecule has 0 spiro atoms. The molecule has 0 amide bonds. The van der Waals surface area contributed by atoms with E-state index in [0.29, 0.717) is 0 Å². The van der Waals surface area contributed by atoms with Crippen molar-refractivity contribution in [1.82, 2.24) is 0 Å². The van der Waals surface area contributed by atoms with Crippen LogP contribution >= 0.6 is 31.4 Å². The van der Waals surface area contributed by atoms with Gasteiger partial charge in [-0.15, -0.1) is 0 Å². The van der Waals surface area contributed by atoms with Gasteiger partial charge in [0.2, 0.25) is 0 Å². The highest BCUT2D eigenvalue weighted by atomic mass is 33.5. The lowest BCUT2D eigenvalue weighted by Crippen LogP contribution is -1.89. The van der Waals surface area contributed by atoms with Crippen LogP contribution in [-0.2, 0) is 6.42 Å². The maximum absolute atomic E-state index is 5.31. The van der Waals surface area contributed by atoms with Crippen LogP contribution in [0.5, 0.6) is 5.75 Å². The van der Waals surface area contributed by atoms with Crippen LogP contribution < -0.4 is 4.74 Å². The maximum atomic E-state index is 5.31. The highest BCUT2D eigenvalue weighted by molar-refractivity contribution is 9.10. The van der Waals surface area contributed by atoms with Crippen LogP contribution in [0.15, 0.2) is 21.9 Å². The van der Waals surface area contributed by atoms with Crippen molar-refractivity contribution in [2.45, 2.75) is 23.1 Å². The lowest BCUT2D eigenvalue weighted by Gasteiger charge is -2.07. The van der Waals surface area contributed by atoms with Crippen LogP contribution in [0, 0.1) is 0 Å². The van der Waals surface area contributed by atoms with Gasteiger partial charge in [-0.1, -0.05) is 13.0 Å². The number of rotatable bonds is 2. The number of methoxy groups -OCH3 is 1. The summed E-state index contributed by atoms with van der Waals surface area (Å²) in [6.07, 6.45) is 1.10. The molecule has 0 saturated heterocycles. The van der Waals surface area contributed by atoms with Crippen molar-refractivity contribution in [3.8, 4) is 5.75 Å². The molecule has 1 aliphatic rings. The summed E-state index contributed by atoms with van der Waals surface area (Å²) in [7, 11) is 7.20. The lowest BCUT2D eigenvalue weighted by molar-refractivity contribution is 0.402. The number of fused-ring (bicyclic) bond motifs is 1. The molecule has 1 heterocycles. The fraction of sp³-hybridized carbons (Fsp3) is 0.333. The minimum absolute atomic E-state index is 1.01. The van der Waals surface area contributed by atoms with Crippen molar-refractivity contribution >= 4 is 31.4 Å². The molecule has 0 aromatic heterocycles. The van der Waals surface area contributed by atoms with E-state index in [1.165, 1.54) is 15.4 Å². The molecule has 0 saturated carbocycles. The van der Waals surface area contributed by atoms with Gasteiger partial charge in [0, 0.05) is 4.90 Å². The van der Waals surface area contributed by atoms with Crippen molar-refractivity contribution in [1.29, 1.82) is 0 Å². The Kier molecular flexibility index (Phi) is 3.01. The zero-order valence-electron chi connectivity index (χ0n) is 7.49. The molecule has 0 bridgehead atoms. The summed E-state index contributed by atoms with van der Waals surface area (Å²) >= 11 is 0. The predicted octanol–water partition coefficient (Wildman–Crippen LogP) is 4.02. The Balaban J connectivity index is 2.52. The molecule has 0 unspecified atom stereocenters. The molecule has 0 fully saturated rings. The third-order valence-electron chi connectivity index (χ3n) is 1.99. The van der Waals surface area contributed by atoms with Gasteiger partial charge < -0.3 is 4.74 Å². The number of ether oxygens (including phenoxy) is 1. The average Bonchev–Trinajstić information content (AvgIpc) is 2.64. The van der Waals surface area contributed by atoms with Gasteiger partial charge in [0.1, 0.15) is 5.75 Å². The zero-order chi connectivity index (χ0) is 9.26. The SMILES string of the molecule is CCc1ccc(OC)c2c1SSS2. The molecule has 2 rings (SSSR count). The molecule has 70 valence electrons. The number of benzene rings is 1. The first-order valence-electron chi connectivity index (χ1n) is 4.08. The van der Waals surface area contributed by atoms with E-state index < -0.39 is 0 Å². The van der Waals surface area contributed by atoms with Crippen molar-refractivity contribution in [3.63, 3.8) is 0 Å². The summed E-state index contributed by atoms with van der Waals surface area (Å²) in [6, 6.07) is 4.23. The van der Waals surface area contributed by atoms with Gasteiger partial charge in [-0.2, -0.15) is 0 Å². The zero-order valence-corrected chi connectivity index (χ0v) is 9.94. The Morgan fingerprint density at radius 1 is 1.23 bits per heavy atom. The number of hydrogen-bond acceptors (Lipinski definition) is 4. The highest BCUT2D eigenvalue weighted by Gasteiger charge is 2.20. The average molecular weight is 230 g/mol. The minimum atomic E-state index is 1.01. The summed E-state index contributed by atoms with van der Waals surface area (Å²) in [5, 5.41) is 0. The molecule has 1 nitrogen and oxygen atoms in total. The molecular formula is C9H10OS3. The van der Waals surface area contributed by atoms with Crippen molar-refractivity contribution in [3.05, 3.63) is 17.7 Å². The fourth-order valence-corrected chi connectivity index (χ4v) is 6.06. The molecule has 0 radical (unpaired) electrons. The van der Waals surface area contributed by atoms with Crippen LogP contribution in [0.4, 0.5) is 0 Å². The largest absolute Gasteiger partial charge is 0.496 e.